The van der Waals surface area contributed by atoms with Crippen LogP contribution in [0.3, 0.4) is 0 Å². The Labute approximate surface area is 193 Å². The van der Waals surface area contributed by atoms with Crippen molar-refractivity contribution in [1.29, 1.82) is 0 Å². The lowest BCUT2D eigenvalue weighted by Crippen LogP contribution is -2.42. The molecule has 0 aliphatic rings. The monoisotopic (exact) mass is 460 g/mol. The van der Waals surface area contributed by atoms with Crippen LogP contribution in [-0.2, 0) is 33.3 Å². The number of hydrogen-bond donors (Lipinski definition) is 0. The number of esters is 3. The van der Waals surface area contributed by atoms with Gasteiger partial charge >= 0.3 is 17.9 Å². The molecule has 0 fully saturated rings. The van der Waals surface area contributed by atoms with Gasteiger partial charge in [0.15, 0.2) is 0 Å². The minimum Gasteiger partial charge on any atom is -0.464 e. The fourth-order valence-electron chi connectivity index (χ4n) is 2.97. The van der Waals surface area contributed by atoms with Crippen molar-refractivity contribution in [2.45, 2.75) is 65.9 Å². The zero-order chi connectivity index (χ0) is 24.2. The third-order valence-electron chi connectivity index (χ3n) is 4.73. The van der Waals surface area contributed by atoms with E-state index in [2.05, 4.69) is 9.80 Å². The molecule has 9 nitrogen and oxygen atoms in total. The first-order valence-corrected chi connectivity index (χ1v) is 11.8. The topological polar surface area (TPSA) is 94.6 Å². The highest BCUT2D eigenvalue weighted by Gasteiger charge is 2.16. The summed E-state index contributed by atoms with van der Waals surface area (Å²) in [5.41, 5.74) is 0. The maximum Gasteiger partial charge on any atom is 0.305 e. The van der Waals surface area contributed by atoms with E-state index in [0.29, 0.717) is 78.4 Å². The molecule has 0 aromatic rings. The van der Waals surface area contributed by atoms with Crippen LogP contribution in [0.1, 0.15) is 59.8 Å². The SMILES string of the molecule is CCCC(=O)OCCN(CCOC)CCN(CCOC(=O)CCC)C[C@H](C)OC(=O)CC. The number of rotatable bonds is 20. The van der Waals surface area contributed by atoms with E-state index in [9.17, 15) is 14.4 Å². The van der Waals surface area contributed by atoms with Gasteiger partial charge in [-0.1, -0.05) is 20.8 Å². The van der Waals surface area contributed by atoms with Crippen LogP contribution in [0.25, 0.3) is 0 Å². The van der Waals surface area contributed by atoms with Crippen molar-refractivity contribution in [3.05, 3.63) is 0 Å². The van der Waals surface area contributed by atoms with Crippen molar-refractivity contribution in [2.24, 2.45) is 0 Å². The Bertz CT molecular complexity index is 517. The molecule has 0 rings (SSSR count). The number of hydrogen-bond acceptors (Lipinski definition) is 9. The van der Waals surface area contributed by atoms with Crippen LogP contribution < -0.4 is 0 Å². The summed E-state index contributed by atoms with van der Waals surface area (Å²) in [6, 6.07) is 0. The maximum atomic E-state index is 11.7. The van der Waals surface area contributed by atoms with Crippen molar-refractivity contribution >= 4 is 17.9 Å². The number of carbonyl (C=O) groups excluding carboxylic acids is 3. The second-order valence-electron chi connectivity index (χ2n) is 7.73. The molecule has 0 aliphatic carbocycles. The van der Waals surface area contributed by atoms with Crippen LogP contribution in [0.4, 0.5) is 0 Å². The van der Waals surface area contributed by atoms with Crippen LogP contribution in [0.5, 0.6) is 0 Å². The second kappa shape index (κ2) is 19.9. The van der Waals surface area contributed by atoms with Crippen LogP contribution >= 0.6 is 0 Å². The van der Waals surface area contributed by atoms with Gasteiger partial charge in [-0.25, -0.2) is 0 Å². The molecule has 9 heteroatoms. The average molecular weight is 461 g/mol. The molecule has 0 amide bonds. The van der Waals surface area contributed by atoms with Crippen molar-refractivity contribution in [3.63, 3.8) is 0 Å². The highest BCUT2D eigenvalue weighted by Crippen LogP contribution is 2.02. The lowest BCUT2D eigenvalue weighted by atomic mass is 10.3. The Morgan fingerprint density at radius 1 is 0.719 bits per heavy atom. The lowest BCUT2D eigenvalue weighted by molar-refractivity contribution is -0.149. The third kappa shape index (κ3) is 16.9. The molecular weight excluding hydrogens is 416 g/mol. The zero-order valence-corrected chi connectivity index (χ0v) is 20.7. The molecule has 0 heterocycles. The highest BCUT2D eigenvalue weighted by molar-refractivity contribution is 5.69. The standard InChI is InChI=1S/C23H44N2O7/c1-6-9-22(27)30-17-14-24(13-16-29-5)11-12-25(15-18-31-23(28)10-7-2)19-20(4)32-21(26)8-3/h20H,6-19H2,1-5H3/t20-/m0/s1. The second-order valence-corrected chi connectivity index (χ2v) is 7.73. The van der Waals surface area contributed by atoms with E-state index in [1.165, 1.54) is 0 Å². The molecule has 0 saturated carbocycles. The quantitative estimate of drug-likeness (QED) is 0.200. The average Bonchev–Trinajstić information content (AvgIpc) is 2.75. The zero-order valence-electron chi connectivity index (χ0n) is 20.7. The first kappa shape index (κ1) is 30.3. The third-order valence-corrected chi connectivity index (χ3v) is 4.73. The number of methoxy groups -OCH3 is 1. The molecular formula is C23H44N2O7. The fraction of sp³-hybridized carbons (Fsp3) is 0.870. The van der Waals surface area contributed by atoms with Crippen LogP contribution in [0, 0.1) is 0 Å². The van der Waals surface area contributed by atoms with Gasteiger partial charge in [0.25, 0.3) is 0 Å². The smallest absolute Gasteiger partial charge is 0.305 e. The van der Waals surface area contributed by atoms with Gasteiger partial charge < -0.3 is 18.9 Å². The van der Waals surface area contributed by atoms with E-state index in [0.717, 1.165) is 12.8 Å². The summed E-state index contributed by atoms with van der Waals surface area (Å²) in [5.74, 6) is -0.614. The first-order valence-electron chi connectivity index (χ1n) is 11.8. The van der Waals surface area contributed by atoms with Crippen molar-refractivity contribution in [2.75, 3.05) is 66.2 Å². The van der Waals surface area contributed by atoms with Gasteiger partial charge in [0.2, 0.25) is 0 Å². The van der Waals surface area contributed by atoms with Gasteiger partial charge in [0, 0.05) is 65.6 Å². The van der Waals surface area contributed by atoms with Gasteiger partial charge in [0.05, 0.1) is 6.61 Å². The molecule has 32 heavy (non-hydrogen) atoms. The molecule has 0 radical (unpaired) electrons. The summed E-state index contributed by atoms with van der Waals surface area (Å²) in [6.07, 6.45) is 2.43. The van der Waals surface area contributed by atoms with Crippen molar-refractivity contribution in [1.82, 2.24) is 9.80 Å². The Kier molecular flexibility index (Phi) is 18.9. The van der Waals surface area contributed by atoms with Gasteiger partial charge in [-0.2, -0.15) is 0 Å². The summed E-state index contributed by atoms with van der Waals surface area (Å²) in [4.78, 5) is 39.2. The van der Waals surface area contributed by atoms with Crippen LogP contribution in [0.2, 0.25) is 0 Å². The molecule has 0 bridgehead atoms. The minimum atomic E-state index is -0.267. The molecule has 0 aromatic heterocycles. The Balaban J connectivity index is 4.77. The summed E-state index contributed by atoms with van der Waals surface area (Å²) >= 11 is 0. The van der Waals surface area contributed by atoms with E-state index in [-0.39, 0.29) is 24.0 Å². The molecule has 0 N–H and O–H groups in total. The largest absolute Gasteiger partial charge is 0.464 e. The fourth-order valence-corrected chi connectivity index (χ4v) is 2.97. The predicted molar refractivity (Wildman–Crippen MR) is 122 cm³/mol. The Morgan fingerprint density at radius 2 is 1.22 bits per heavy atom. The molecule has 0 saturated heterocycles. The van der Waals surface area contributed by atoms with E-state index in [1.807, 2.05) is 20.8 Å². The molecule has 0 aromatic carbocycles. The van der Waals surface area contributed by atoms with E-state index in [1.54, 1.807) is 14.0 Å². The van der Waals surface area contributed by atoms with Gasteiger partial charge in [0.1, 0.15) is 19.3 Å². The summed E-state index contributed by atoms with van der Waals surface area (Å²) in [6.45, 7) is 12.5. The molecule has 188 valence electrons. The van der Waals surface area contributed by atoms with Crippen molar-refractivity contribution in [3.8, 4) is 0 Å². The van der Waals surface area contributed by atoms with Gasteiger partial charge in [-0.3, -0.25) is 24.2 Å². The van der Waals surface area contributed by atoms with Crippen LogP contribution in [0.15, 0.2) is 0 Å². The maximum absolute atomic E-state index is 11.7. The molecule has 0 unspecified atom stereocenters. The summed E-state index contributed by atoms with van der Waals surface area (Å²) < 4.78 is 21.2. The lowest BCUT2D eigenvalue weighted by Gasteiger charge is -2.29. The summed E-state index contributed by atoms with van der Waals surface area (Å²) in [5, 5.41) is 0. The molecule has 0 spiro atoms. The highest BCUT2D eigenvalue weighted by atomic mass is 16.5. The van der Waals surface area contributed by atoms with Crippen LogP contribution in [-0.4, -0.2) is 100 Å². The minimum absolute atomic E-state index is 0.179. The van der Waals surface area contributed by atoms with Gasteiger partial charge in [-0.15, -0.1) is 0 Å². The van der Waals surface area contributed by atoms with E-state index >= 15 is 0 Å². The van der Waals surface area contributed by atoms with E-state index in [4.69, 9.17) is 18.9 Å². The predicted octanol–water partition coefficient (Wildman–Crippen LogP) is 2.27. The normalized spacial score (nSPS) is 12.1. The number of carbonyl (C=O) groups is 3. The van der Waals surface area contributed by atoms with E-state index < -0.39 is 0 Å². The Morgan fingerprint density at radius 3 is 1.72 bits per heavy atom. The number of ether oxygens (including phenoxy) is 4. The van der Waals surface area contributed by atoms with Gasteiger partial charge in [-0.05, 0) is 19.8 Å². The van der Waals surface area contributed by atoms with Crippen molar-refractivity contribution < 1.29 is 33.3 Å². The summed E-state index contributed by atoms with van der Waals surface area (Å²) in [7, 11) is 1.65. The molecule has 1 atom stereocenters. The number of nitrogens with zero attached hydrogens (tertiary/aromatic N) is 2. The first-order chi connectivity index (χ1) is 15.4. The Hall–Kier alpha value is -1.71. The molecule has 0 aliphatic heterocycles.